The second-order valence-electron chi connectivity index (χ2n) is 2.54. The minimum Gasteiger partial charge on any atom is -0.424 e. The second-order valence-corrected chi connectivity index (χ2v) is 2.54. The molecule has 11 heavy (non-hydrogen) atoms. The van der Waals surface area contributed by atoms with Crippen LogP contribution >= 0.6 is 0 Å². The Morgan fingerprint density at radius 2 is 1.91 bits per heavy atom. The van der Waals surface area contributed by atoms with Crippen molar-refractivity contribution in [2.45, 2.75) is 12.8 Å². The third kappa shape index (κ3) is 3.19. The van der Waals surface area contributed by atoms with E-state index in [0.29, 0.717) is 0 Å². The molecule has 0 aliphatic heterocycles. The molecule has 59 valence electrons. The van der Waals surface area contributed by atoms with Gasteiger partial charge < -0.3 is 5.32 Å². The number of benzene rings is 1. The monoisotopic (exact) mass is 147 g/mol. The molecule has 0 aromatic heterocycles. The van der Waals surface area contributed by atoms with Gasteiger partial charge in [-0.15, -0.1) is 0 Å². The van der Waals surface area contributed by atoms with Gasteiger partial charge in [-0.25, -0.2) is 0 Å². The third-order valence-electron chi connectivity index (χ3n) is 1.62. The van der Waals surface area contributed by atoms with Gasteiger partial charge in [0, 0.05) is 0 Å². The molecule has 0 fully saturated rings. The van der Waals surface area contributed by atoms with Gasteiger partial charge in [-0.2, -0.15) is 0 Å². The molecule has 1 rings (SSSR count). The zero-order valence-corrected chi connectivity index (χ0v) is 6.66. The van der Waals surface area contributed by atoms with Crippen molar-refractivity contribution in [2.75, 3.05) is 6.54 Å². The number of hydrogen-bond acceptors (Lipinski definition) is 0. The molecule has 0 aliphatic rings. The van der Waals surface area contributed by atoms with Gasteiger partial charge in [0.1, 0.15) is 0 Å². The van der Waals surface area contributed by atoms with Crippen LogP contribution in [0.1, 0.15) is 12.0 Å². The van der Waals surface area contributed by atoms with Crippen molar-refractivity contribution >= 4 is 0 Å². The lowest BCUT2D eigenvalue weighted by Crippen LogP contribution is -1.98. The van der Waals surface area contributed by atoms with E-state index in [0.717, 1.165) is 19.4 Å². The highest BCUT2D eigenvalue weighted by atomic mass is 14.8. The van der Waals surface area contributed by atoms with Crippen molar-refractivity contribution in [2.24, 2.45) is 0 Å². The van der Waals surface area contributed by atoms with E-state index in [4.69, 9.17) is 0 Å². The van der Waals surface area contributed by atoms with E-state index >= 15 is 0 Å². The maximum Gasteiger partial charge on any atom is -0.0200 e. The van der Waals surface area contributed by atoms with E-state index in [1.165, 1.54) is 5.56 Å². The van der Waals surface area contributed by atoms with Gasteiger partial charge in [0.25, 0.3) is 0 Å². The van der Waals surface area contributed by atoms with Crippen LogP contribution in [0.2, 0.25) is 0 Å². The van der Waals surface area contributed by atoms with Gasteiger partial charge in [-0.3, -0.25) is 7.05 Å². The maximum absolute atomic E-state index is 3.80. The quantitative estimate of drug-likeness (QED) is 0.457. The molecule has 0 amide bonds. The Kier molecular flexibility index (Phi) is 3.70. The molecule has 0 aliphatic carbocycles. The van der Waals surface area contributed by atoms with Crippen LogP contribution in [0.3, 0.4) is 0 Å². The summed E-state index contributed by atoms with van der Waals surface area (Å²) in [7, 11) is 3.44. The Hall–Kier alpha value is -0.820. The molecule has 0 saturated heterocycles. The molecular weight excluding hydrogens is 134 g/mol. The van der Waals surface area contributed by atoms with Crippen LogP contribution in [-0.2, 0) is 6.42 Å². The first-order valence-corrected chi connectivity index (χ1v) is 3.90. The van der Waals surface area contributed by atoms with Gasteiger partial charge in [0.2, 0.25) is 0 Å². The van der Waals surface area contributed by atoms with Crippen molar-refractivity contribution in [3.63, 3.8) is 0 Å². The molecule has 0 heterocycles. The molecular formula is C10H13N-. The molecule has 1 heteroatoms. The van der Waals surface area contributed by atoms with Crippen LogP contribution in [0.15, 0.2) is 30.3 Å². The van der Waals surface area contributed by atoms with E-state index in [9.17, 15) is 0 Å². The molecule has 1 aromatic carbocycles. The lowest BCUT2D eigenvalue weighted by Gasteiger charge is -2.01. The van der Waals surface area contributed by atoms with E-state index < -0.39 is 0 Å². The molecule has 0 unspecified atom stereocenters. The smallest absolute Gasteiger partial charge is 0.0200 e. The fourth-order valence-corrected chi connectivity index (χ4v) is 1.04. The predicted molar refractivity (Wildman–Crippen MR) is 47.1 cm³/mol. The molecule has 0 spiro atoms. The lowest BCUT2D eigenvalue weighted by molar-refractivity contribution is 0.740. The summed E-state index contributed by atoms with van der Waals surface area (Å²) in [6.45, 7) is 0.870. The third-order valence-corrected chi connectivity index (χ3v) is 1.62. The molecule has 1 nitrogen and oxygen atoms in total. The average molecular weight is 147 g/mol. The van der Waals surface area contributed by atoms with E-state index in [-0.39, 0.29) is 0 Å². The average Bonchev–Trinajstić information content (AvgIpc) is 2.07. The van der Waals surface area contributed by atoms with Crippen LogP contribution in [0.4, 0.5) is 0 Å². The Balaban J connectivity index is 2.28. The Bertz CT molecular complexity index is 181. The van der Waals surface area contributed by atoms with Crippen LogP contribution in [0.5, 0.6) is 0 Å². The van der Waals surface area contributed by atoms with Crippen LogP contribution in [-0.4, -0.2) is 6.54 Å². The van der Waals surface area contributed by atoms with Gasteiger partial charge >= 0.3 is 0 Å². The summed E-state index contributed by atoms with van der Waals surface area (Å²) in [5.74, 6) is 0. The van der Waals surface area contributed by atoms with Crippen molar-refractivity contribution < 1.29 is 0 Å². The Morgan fingerprint density at radius 1 is 1.18 bits per heavy atom. The van der Waals surface area contributed by atoms with Crippen LogP contribution in [0.25, 0.3) is 0 Å². The molecule has 1 aromatic rings. The molecule has 1 radical (unpaired) electrons. The topological polar surface area (TPSA) is 14.1 Å². The Labute approximate surface area is 68.4 Å². The maximum atomic E-state index is 3.80. The van der Waals surface area contributed by atoms with Gasteiger partial charge in [0.05, 0.1) is 0 Å². The minimum absolute atomic E-state index is 0.870. The first-order chi connectivity index (χ1) is 5.43. The number of rotatable bonds is 4. The molecule has 0 saturated carbocycles. The summed E-state index contributed by atoms with van der Waals surface area (Å²) in [6.07, 6.45) is 2.22. The van der Waals surface area contributed by atoms with Crippen molar-refractivity contribution in [3.8, 4) is 0 Å². The number of hydrogen-bond donors (Lipinski definition) is 0. The fraction of sp³-hybridized carbons (Fsp3) is 0.300. The number of nitrogens with zero attached hydrogens (tertiary/aromatic N) is 1. The standard InChI is InChI=1S/C10H13N/c1-11-9-5-8-10-6-3-2-4-7-10/h2-4,6-7H,1,5,8-9H2/q-1. The van der Waals surface area contributed by atoms with Gasteiger partial charge in [-0.05, 0) is 24.9 Å². The zero-order valence-electron chi connectivity index (χ0n) is 6.66. The summed E-state index contributed by atoms with van der Waals surface area (Å²) < 4.78 is 0. The largest absolute Gasteiger partial charge is 0.424 e. The van der Waals surface area contributed by atoms with Crippen molar-refractivity contribution in [1.29, 1.82) is 0 Å². The highest BCUT2D eigenvalue weighted by Crippen LogP contribution is 2.01. The number of aryl methyl sites for hydroxylation is 1. The van der Waals surface area contributed by atoms with Gasteiger partial charge in [0.15, 0.2) is 0 Å². The van der Waals surface area contributed by atoms with Crippen LogP contribution < -0.4 is 5.32 Å². The van der Waals surface area contributed by atoms with E-state index in [1.54, 1.807) is 0 Å². The van der Waals surface area contributed by atoms with Crippen LogP contribution in [0, 0.1) is 7.05 Å². The fourth-order valence-electron chi connectivity index (χ4n) is 1.04. The summed E-state index contributed by atoms with van der Waals surface area (Å²) in [5, 5.41) is 3.80. The molecule has 0 atom stereocenters. The molecule has 0 bridgehead atoms. The van der Waals surface area contributed by atoms with Crippen molar-refractivity contribution in [3.05, 3.63) is 42.9 Å². The summed E-state index contributed by atoms with van der Waals surface area (Å²) in [4.78, 5) is 0. The first kappa shape index (κ1) is 8.28. The summed E-state index contributed by atoms with van der Waals surface area (Å²) in [5.41, 5.74) is 1.39. The Morgan fingerprint density at radius 3 is 2.55 bits per heavy atom. The first-order valence-electron chi connectivity index (χ1n) is 3.90. The zero-order chi connectivity index (χ0) is 7.94. The lowest BCUT2D eigenvalue weighted by atomic mass is 10.1. The highest BCUT2D eigenvalue weighted by molar-refractivity contribution is 5.14. The van der Waals surface area contributed by atoms with E-state index in [2.05, 4.69) is 36.6 Å². The normalized spacial score (nSPS) is 9.91. The second kappa shape index (κ2) is 4.91. The summed E-state index contributed by atoms with van der Waals surface area (Å²) in [6, 6.07) is 10.5. The highest BCUT2D eigenvalue weighted by Gasteiger charge is 1.88. The van der Waals surface area contributed by atoms with Gasteiger partial charge in [-0.1, -0.05) is 30.3 Å². The molecule has 0 N–H and O–H groups in total. The minimum atomic E-state index is 0.870. The van der Waals surface area contributed by atoms with Crippen molar-refractivity contribution in [1.82, 2.24) is 5.32 Å². The summed E-state index contributed by atoms with van der Waals surface area (Å²) >= 11 is 0. The van der Waals surface area contributed by atoms with E-state index in [1.807, 2.05) is 6.07 Å². The SMILES string of the molecule is [CH2-][N]CCCc1ccccc1. The predicted octanol–water partition coefficient (Wildman–Crippen LogP) is 2.02.